The molecule has 1 amide bonds. The lowest BCUT2D eigenvalue weighted by atomic mass is 10.1. The van der Waals surface area contributed by atoms with Gasteiger partial charge in [-0.05, 0) is 5.56 Å². The van der Waals surface area contributed by atoms with Gasteiger partial charge < -0.3 is 10.6 Å². The van der Waals surface area contributed by atoms with Crippen molar-refractivity contribution >= 4 is 22.4 Å². The van der Waals surface area contributed by atoms with Gasteiger partial charge in [0.2, 0.25) is 5.91 Å². The molecule has 0 spiro atoms. The molecule has 0 atom stereocenters. The van der Waals surface area contributed by atoms with Gasteiger partial charge in [-0.25, -0.2) is 4.98 Å². The second-order valence-electron chi connectivity index (χ2n) is 4.33. The molecular formula is C13H13N3OS. The normalized spacial score (nSPS) is 13.7. The molecule has 18 heavy (non-hydrogen) atoms. The zero-order chi connectivity index (χ0) is 12.5. The maximum absolute atomic E-state index is 12.1. The number of hydrogen-bond donors (Lipinski definition) is 1. The number of nitrogen functional groups attached to an aromatic ring is 1. The van der Waals surface area contributed by atoms with Crippen LogP contribution in [0.4, 0.5) is 5.13 Å². The van der Waals surface area contributed by atoms with Crippen molar-refractivity contribution in [1.82, 2.24) is 9.88 Å². The highest BCUT2D eigenvalue weighted by Gasteiger charge is 2.26. The van der Waals surface area contributed by atoms with E-state index in [2.05, 4.69) is 4.98 Å². The second-order valence-corrected chi connectivity index (χ2v) is 5.45. The fraction of sp³-hybridized carbons (Fsp3) is 0.231. The standard InChI is InChI=1S/C13H13N3OS/c14-13-15-10-7-16(8-11(10)18-13)12(17)6-9-4-2-1-3-5-9/h1-5H,6-8H2,(H2,14,15). The molecule has 0 saturated carbocycles. The molecule has 1 aromatic carbocycles. The molecule has 1 aliphatic heterocycles. The molecular weight excluding hydrogens is 246 g/mol. The second kappa shape index (κ2) is 4.42. The van der Waals surface area contributed by atoms with Crippen molar-refractivity contribution in [1.29, 1.82) is 0 Å². The number of anilines is 1. The molecule has 2 heterocycles. The van der Waals surface area contributed by atoms with Crippen LogP contribution in [0.2, 0.25) is 0 Å². The van der Waals surface area contributed by atoms with Gasteiger partial charge in [-0.1, -0.05) is 30.3 Å². The average molecular weight is 259 g/mol. The van der Waals surface area contributed by atoms with Gasteiger partial charge in [0.15, 0.2) is 5.13 Å². The predicted molar refractivity (Wildman–Crippen MR) is 70.9 cm³/mol. The van der Waals surface area contributed by atoms with E-state index in [9.17, 15) is 4.79 Å². The minimum absolute atomic E-state index is 0.143. The lowest BCUT2D eigenvalue weighted by Crippen LogP contribution is -2.27. The highest BCUT2D eigenvalue weighted by atomic mass is 32.1. The van der Waals surface area contributed by atoms with Crippen molar-refractivity contribution in [3.63, 3.8) is 0 Å². The number of aromatic nitrogens is 1. The topological polar surface area (TPSA) is 59.2 Å². The van der Waals surface area contributed by atoms with E-state index in [4.69, 9.17) is 5.73 Å². The van der Waals surface area contributed by atoms with Crippen LogP contribution in [0.3, 0.4) is 0 Å². The quantitative estimate of drug-likeness (QED) is 0.894. The summed E-state index contributed by atoms with van der Waals surface area (Å²) in [6, 6.07) is 9.80. The maximum atomic E-state index is 12.1. The number of hydrogen-bond acceptors (Lipinski definition) is 4. The van der Waals surface area contributed by atoms with Crippen LogP contribution in [-0.4, -0.2) is 15.8 Å². The average Bonchev–Trinajstić information content (AvgIpc) is 2.87. The molecule has 5 heteroatoms. The van der Waals surface area contributed by atoms with E-state index in [1.54, 1.807) is 0 Å². The Morgan fingerprint density at radius 1 is 1.33 bits per heavy atom. The third-order valence-electron chi connectivity index (χ3n) is 3.02. The largest absolute Gasteiger partial charge is 0.375 e. The molecule has 0 unspecified atom stereocenters. The Kier molecular flexibility index (Phi) is 2.76. The van der Waals surface area contributed by atoms with Crippen LogP contribution < -0.4 is 5.73 Å². The Labute approximate surface area is 109 Å². The first kappa shape index (κ1) is 11.2. The van der Waals surface area contributed by atoms with Crippen LogP contribution >= 0.6 is 11.3 Å². The van der Waals surface area contributed by atoms with E-state index in [0.717, 1.165) is 16.1 Å². The van der Waals surface area contributed by atoms with E-state index in [0.29, 0.717) is 24.6 Å². The first-order valence-electron chi connectivity index (χ1n) is 5.78. The highest BCUT2D eigenvalue weighted by molar-refractivity contribution is 7.15. The molecule has 0 bridgehead atoms. The van der Waals surface area contributed by atoms with Gasteiger partial charge >= 0.3 is 0 Å². The van der Waals surface area contributed by atoms with Gasteiger partial charge in [0, 0.05) is 0 Å². The number of nitrogens with zero attached hydrogens (tertiary/aromatic N) is 2. The summed E-state index contributed by atoms with van der Waals surface area (Å²) in [6.07, 6.45) is 0.450. The van der Waals surface area contributed by atoms with Crippen molar-refractivity contribution in [3.05, 3.63) is 46.5 Å². The first-order valence-corrected chi connectivity index (χ1v) is 6.60. The van der Waals surface area contributed by atoms with E-state index in [-0.39, 0.29) is 5.91 Å². The minimum Gasteiger partial charge on any atom is -0.375 e. The smallest absolute Gasteiger partial charge is 0.227 e. The molecule has 3 rings (SSSR count). The number of thiazole rings is 1. The number of carbonyl (C=O) groups excluding carboxylic acids is 1. The summed E-state index contributed by atoms with van der Waals surface area (Å²) < 4.78 is 0. The van der Waals surface area contributed by atoms with E-state index in [1.807, 2.05) is 35.2 Å². The molecule has 1 aliphatic rings. The van der Waals surface area contributed by atoms with Crippen molar-refractivity contribution in [2.24, 2.45) is 0 Å². The lowest BCUT2D eigenvalue weighted by molar-refractivity contribution is -0.131. The lowest BCUT2D eigenvalue weighted by Gasteiger charge is -2.15. The van der Waals surface area contributed by atoms with Crippen LogP contribution in [-0.2, 0) is 24.3 Å². The monoisotopic (exact) mass is 259 g/mol. The summed E-state index contributed by atoms with van der Waals surface area (Å²) in [5.41, 5.74) is 7.64. The molecule has 92 valence electrons. The molecule has 0 saturated heterocycles. The molecule has 4 nitrogen and oxygen atoms in total. The highest BCUT2D eigenvalue weighted by Crippen LogP contribution is 2.29. The van der Waals surface area contributed by atoms with Gasteiger partial charge in [-0.2, -0.15) is 0 Å². The van der Waals surface area contributed by atoms with Gasteiger partial charge in [0.25, 0.3) is 0 Å². The Morgan fingerprint density at radius 2 is 2.11 bits per heavy atom. The predicted octanol–water partition coefficient (Wildman–Crippen LogP) is 1.81. The van der Waals surface area contributed by atoms with Crippen LogP contribution in [0.5, 0.6) is 0 Å². The number of nitrogens with two attached hydrogens (primary N) is 1. The molecule has 1 aromatic heterocycles. The van der Waals surface area contributed by atoms with E-state index >= 15 is 0 Å². The van der Waals surface area contributed by atoms with Crippen LogP contribution in [0.1, 0.15) is 16.1 Å². The molecule has 0 radical (unpaired) electrons. The Morgan fingerprint density at radius 3 is 2.83 bits per heavy atom. The Hall–Kier alpha value is -1.88. The third kappa shape index (κ3) is 2.09. The van der Waals surface area contributed by atoms with E-state index in [1.165, 1.54) is 11.3 Å². The summed E-state index contributed by atoms with van der Waals surface area (Å²) in [4.78, 5) is 19.3. The summed E-state index contributed by atoms with van der Waals surface area (Å²) >= 11 is 1.48. The van der Waals surface area contributed by atoms with Gasteiger partial charge in [0.05, 0.1) is 30.1 Å². The number of carbonyl (C=O) groups is 1. The van der Waals surface area contributed by atoms with Gasteiger partial charge in [-0.3, -0.25) is 4.79 Å². The van der Waals surface area contributed by atoms with Crippen molar-refractivity contribution < 1.29 is 4.79 Å². The SMILES string of the molecule is Nc1nc2c(s1)CN(C(=O)Cc1ccccc1)C2. The Balaban J connectivity index is 1.67. The van der Waals surface area contributed by atoms with Crippen LogP contribution in [0.25, 0.3) is 0 Å². The summed E-state index contributed by atoms with van der Waals surface area (Å²) in [6.45, 7) is 1.24. The third-order valence-corrected chi connectivity index (χ3v) is 3.93. The van der Waals surface area contributed by atoms with Crippen LogP contribution in [0.15, 0.2) is 30.3 Å². The molecule has 0 aliphatic carbocycles. The molecule has 0 fully saturated rings. The fourth-order valence-corrected chi connectivity index (χ4v) is 2.98. The van der Waals surface area contributed by atoms with Crippen LogP contribution in [0, 0.1) is 0 Å². The molecule has 2 aromatic rings. The molecule has 2 N–H and O–H groups in total. The summed E-state index contributed by atoms with van der Waals surface area (Å²) in [5.74, 6) is 0.143. The first-order chi connectivity index (χ1) is 8.72. The number of fused-ring (bicyclic) bond motifs is 1. The van der Waals surface area contributed by atoms with Gasteiger partial charge in [-0.15, -0.1) is 11.3 Å². The number of rotatable bonds is 2. The van der Waals surface area contributed by atoms with E-state index < -0.39 is 0 Å². The zero-order valence-corrected chi connectivity index (χ0v) is 10.6. The minimum atomic E-state index is 0.143. The van der Waals surface area contributed by atoms with Crippen molar-refractivity contribution in [3.8, 4) is 0 Å². The summed E-state index contributed by atoms with van der Waals surface area (Å²) in [5, 5.41) is 0.593. The van der Waals surface area contributed by atoms with Crippen molar-refractivity contribution in [2.45, 2.75) is 19.5 Å². The fourth-order valence-electron chi connectivity index (χ4n) is 2.12. The van der Waals surface area contributed by atoms with Gasteiger partial charge in [0.1, 0.15) is 0 Å². The maximum Gasteiger partial charge on any atom is 0.227 e. The Bertz CT molecular complexity index is 556. The zero-order valence-electron chi connectivity index (χ0n) is 9.80. The van der Waals surface area contributed by atoms with Crippen molar-refractivity contribution in [2.75, 3.05) is 5.73 Å². The summed E-state index contributed by atoms with van der Waals surface area (Å²) in [7, 11) is 0. The number of amides is 1. The number of benzene rings is 1.